The van der Waals surface area contributed by atoms with E-state index in [4.69, 9.17) is 28.8 Å². The van der Waals surface area contributed by atoms with Gasteiger partial charge >= 0.3 is 17.9 Å². The van der Waals surface area contributed by atoms with E-state index in [0.29, 0.717) is 31.7 Å². The Morgan fingerprint density at radius 2 is 1.24 bits per heavy atom. The Balaban J connectivity index is 0.0000101. The van der Waals surface area contributed by atoms with E-state index in [1.54, 1.807) is 46.8 Å². The smallest absolute Gasteiger partial charge is 0.322 e. The average molecular weight is 882 g/mol. The summed E-state index contributed by atoms with van der Waals surface area (Å²) in [6.45, 7) is 9.65. The number of aryl methyl sites for hydroxylation is 1. The number of carbonyl (C=O) groups is 3. The van der Waals surface area contributed by atoms with Crippen molar-refractivity contribution in [2.24, 2.45) is 10.8 Å². The fourth-order valence-electron chi connectivity index (χ4n) is 6.15. The molecular formula is C41H55Br2NO10. The van der Waals surface area contributed by atoms with Gasteiger partial charge in [0.05, 0.1) is 50.5 Å². The second-order valence-electron chi connectivity index (χ2n) is 14.4. The van der Waals surface area contributed by atoms with Crippen molar-refractivity contribution >= 4 is 33.8 Å². The van der Waals surface area contributed by atoms with Crippen LogP contribution in [-0.4, -0.2) is 78.7 Å². The molecule has 1 aromatic heterocycles. The lowest BCUT2D eigenvalue weighted by Crippen LogP contribution is -3.00. The van der Waals surface area contributed by atoms with Crippen LogP contribution in [0.15, 0.2) is 85.2 Å². The van der Waals surface area contributed by atoms with E-state index in [0.717, 1.165) is 11.1 Å². The van der Waals surface area contributed by atoms with Crippen molar-refractivity contribution in [3.8, 4) is 5.75 Å². The molecule has 11 nitrogen and oxygen atoms in total. The van der Waals surface area contributed by atoms with Crippen molar-refractivity contribution < 1.29 is 69.8 Å². The lowest BCUT2D eigenvalue weighted by molar-refractivity contribution is -0.697. The van der Waals surface area contributed by atoms with Crippen LogP contribution < -0.4 is 26.3 Å². The number of rotatable bonds is 23. The molecule has 3 unspecified atom stereocenters. The third-order valence-corrected chi connectivity index (χ3v) is 9.44. The van der Waals surface area contributed by atoms with Crippen molar-refractivity contribution in [1.82, 2.24) is 0 Å². The minimum absolute atomic E-state index is 0. The van der Waals surface area contributed by atoms with E-state index >= 15 is 0 Å². The summed E-state index contributed by atoms with van der Waals surface area (Å²) in [6.07, 6.45) is 4.89. The molecule has 2 N–H and O–H groups in total. The highest BCUT2D eigenvalue weighted by atomic mass is 79.9. The maximum absolute atomic E-state index is 13.6. The lowest BCUT2D eigenvalue weighted by Gasteiger charge is -2.37. The largest absolute Gasteiger partial charge is 1.00 e. The van der Waals surface area contributed by atoms with E-state index in [9.17, 15) is 19.5 Å². The van der Waals surface area contributed by atoms with Gasteiger partial charge in [-0.15, -0.1) is 0 Å². The molecular weight excluding hydrogens is 826 g/mol. The molecule has 1 heterocycles. The first kappa shape index (κ1) is 46.8. The SMILES string of the molecule is CC(C)(CC(C)(CC(C)(Br)C(=O)OCCC[n+]1ccccc1)C(=O)OCCOCCO)C(=O)OCCCOc1ccc(C(C)(O)c2ccccc2)cc1.[Br-]. The standard InChI is InChI=1S/C41H55BrNO10.BrH/c1-38(2,35(45)51-26-13-25-50-34-18-16-33(17-19-34)41(5,48)32-14-8-6-9-15-32)30-39(3,36(46)53-29-28-49-27-23-44)31-40(4,42)37(47)52-24-12-22-43-20-10-7-11-21-43;/h6-11,14-21,44,48H,12-13,22-31H2,1-5H3;1H/q+1;/p-1. The molecule has 298 valence electrons. The topological polar surface area (TPSA) is 142 Å². The summed E-state index contributed by atoms with van der Waals surface area (Å²) in [5.74, 6) is -1.02. The fraction of sp³-hybridized carbons (Fsp3) is 0.512. The molecule has 0 spiro atoms. The molecule has 0 bridgehead atoms. The molecule has 0 radical (unpaired) electrons. The van der Waals surface area contributed by atoms with Crippen LogP contribution in [0.1, 0.15) is 71.4 Å². The van der Waals surface area contributed by atoms with Gasteiger partial charge in [0.2, 0.25) is 0 Å². The number of carbonyl (C=O) groups excluding carboxylic acids is 3. The Labute approximate surface area is 338 Å². The number of halogens is 2. The number of pyridine rings is 1. The molecule has 0 aliphatic heterocycles. The van der Waals surface area contributed by atoms with Gasteiger partial charge in [-0.1, -0.05) is 64.5 Å². The Kier molecular flexibility index (Phi) is 19.3. The predicted molar refractivity (Wildman–Crippen MR) is 202 cm³/mol. The zero-order valence-electron chi connectivity index (χ0n) is 31.9. The number of aromatic nitrogens is 1. The molecule has 54 heavy (non-hydrogen) atoms. The Bertz CT molecular complexity index is 1570. The molecule has 3 atom stereocenters. The maximum atomic E-state index is 13.6. The second kappa shape index (κ2) is 22.3. The number of alkyl halides is 1. The van der Waals surface area contributed by atoms with Gasteiger partial charge in [0.25, 0.3) is 0 Å². The summed E-state index contributed by atoms with van der Waals surface area (Å²) < 4.78 is 28.6. The van der Waals surface area contributed by atoms with E-state index in [2.05, 4.69) is 15.9 Å². The molecule has 0 saturated heterocycles. The number of aliphatic hydroxyl groups excluding tert-OH is 1. The number of hydrogen-bond donors (Lipinski definition) is 2. The van der Waals surface area contributed by atoms with Crippen LogP contribution in [0.5, 0.6) is 5.75 Å². The number of benzene rings is 2. The summed E-state index contributed by atoms with van der Waals surface area (Å²) in [5.41, 5.74) is -2.08. The highest BCUT2D eigenvalue weighted by Gasteiger charge is 2.49. The minimum atomic E-state index is -1.31. The number of esters is 3. The van der Waals surface area contributed by atoms with Gasteiger partial charge in [0.1, 0.15) is 22.3 Å². The number of nitrogens with zero attached hydrogens (tertiary/aromatic N) is 1. The Morgan fingerprint density at radius 3 is 1.89 bits per heavy atom. The van der Waals surface area contributed by atoms with Crippen molar-refractivity contribution in [3.63, 3.8) is 0 Å². The number of hydrogen-bond acceptors (Lipinski definition) is 10. The highest BCUT2D eigenvalue weighted by Crippen LogP contribution is 2.44. The zero-order valence-corrected chi connectivity index (χ0v) is 35.1. The van der Waals surface area contributed by atoms with Crippen LogP contribution in [0.25, 0.3) is 0 Å². The van der Waals surface area contributed by atoms with Crippen LogP contribution in [0.3, 0.4) is 0 Å². The van der Waals surface area contributed by atoms with Gasteiger partial charge in [-0.25, -0.2) is 4.57 Å². The molecule has 0 aliphatic carbocycles. The highest BCUT2D eigenvalue weighted by molar-refractivity contribution is 9.10. The zero-order chi connectivity index (χ0) is 39.0. The molecule has 0 aliphatic rings. The van der Waals surface area contributed by atoms with Gasteiger partial charge < -0.3 is 50.9 Å². The van der Waals surface area contributed by atoms with Crippen LogP contribution in [0.2, 0.25) is 0 Å². The van der Waals surface area contributed by atoms with Crippen LogP contribution in [-0.2, 0) is 45.5 Å². The molecule has 0 saturated carbocycles. The van der Waals surface area contributed by atoms with E-state index in [1.165, 1.54) is 0 Å². The van der Waals surface area contributed by atoms with E-state index in [1.807, 2.05) is 77.6 Å². The summed E-state index contributed by atoms with van der Waals surface area (Å²) >= 11 is 3.52. The number of aliphatic hydroxyl groups is 2. The van der Waals surface area contributed by atoms with Crippen LogP contribution >= 0.6 is 15.9 Å². The van der Waals surface area contributed by atoms with E-state index in [-0.39, 0.29) is 69.5 Å². The quantitative estimate of drug-likeness (QED) is 0.0481. The van der Waals surface area contributed by atoms with Crippen LogP contribution in [0.4, 0.5) is 0 Å². The van der Waals surface area contributed by atoms with Gasteiger partial charge in [0.15, 0.2) is 18.9 Å². The summed E-state index contributed by atoms with van der Waals surface area (Å²) in [4.78, 5) is 40.2. The molecule has 2 aromatic carbocycles. The lowest BCUT2D eigenvalue weighted by atomic mass is 9.69. The average Bonchev–Trinajstić information content (AvgIpc) is 3.13. The first-order valence-electron chi connectivity index (χ1n) is 18.0. The molecule has 3 aromatic rings. The molecule has 0 fully saturated rings. The summed E-state index contributed by atoms with van der Waals surface area (Å²) in [6, 6.07) is 22.4. The predicted octanol–water partition coefficient (Wildman–Crippen LogP) is 2.70. The second-order valence-corrected chi connectivity index (χ2v) is 16.1. The summed E-state index contributed by atoms with van der Waals surface area (Å²) in [7, 11) is 0. The fourth-order valence-corrected chi connectivity index (χ4v) is 6.89. The Morgan fingerprint density at radius 1 is 0.667 bits per heavy atom. The third kappa shape index (κ3) is 14.7. The van der Waals surface area contributed by atoms with Crippen molar-refractivity contribution in [2.75, 3.05) is 46.2 Å². The minimum Gasteiger partial charge on any atom is -1.00 e. The normalized spacial score (nSPS) is 14.7. The molecule has 0 amide bonds. The van der Waals surface area contributed by atoms with Gasteiger partial charge in [-0.2, -0.15) is 0 Å². The monoisotopic (exact) mass is 879 g/mol. The van der Waals surface area contributed by atoms with Gasteiger partial charge in [-0.3, -0.25) is 14.4 Å². The molecule has 13 heteroatoms. The molecule has 3 rings (SSSR count). The van der Waals surface area contributed by atoms with Crippen LogP contribution in [0, 0.1) is 10.8 Å². The maximum Gasteiger partial charge on any atom is 0.322 e. The third-order valence-electron chi connectivity index (χ3n) is 8.84. The number of ether oxygens (including phenoxy) is 5. The Hall–Kier alpha value is -3.36. The van der Waals surface area contributed by atoms with Crippen molar-refractivity contribution in [1.29, 1.82) is 0 Å². The van der Waals surface area contributed by atoms with Gasteiger partial charge in [0, 0.05) is 25.0 Å². The summed E-state index contributed by atoms with van der Waals surface area (Å²) in [5, 5.41) is 20.0. The van der Waals surface area contributed by atoms with E-state index < -0.39 is 38.7 Å². The first-order chi connectivity index (χ1) is 25.1. The van der Waals surface area contributed by atoms with Crippen molar-refractivity contribution in [2.45, 2.75) is 76.8 Å². The van der Waals surface area contributed by atoms with Gasteiger partial charge in [-0.05, 0) is 70.7 Å². The van der Waals surface area contributed by atoms with Crippen molar-refractivity contribution in [3.05, 3.63) is 96.3 Å². The first-order valence-corrected chi connectivity index (χ1v) is 18.7.